The predicted molar refractivity (Wildman–Crippen MR) is 82.1 cm³/mol. The molecule has 2 unspecified atom stereocenters. The van der Waals surface area contributed by atoms with Gasteiger partial charge in [0.2, 0.25) is 5.90 Å². The molecule has 2 aliphatic rings. The maximum absolute atomic E-state index is 12.0. The number of ether oxygens (including phenoxy) is 2. The summed E-state index contributed by atoms with van der Waals surface area (Å²) in [5.41, 5.74) is -0.474. The van der Waals surface area contributed by atoms with Gasteiger partial charge in [0, 0.05) is 4.88 Å². The lowest BCUT2D eigenvalue weighted by Crippen LogP contribution is -2.36. The van der Waals surface area contributed by atoms with E-state index < -0.39 is 5.60 Å². The molecule has 0 bridgehead atoms. The van der Waals surface area contributed by atoms with Gasteiger partial charge >= 0.3 is 6.09 Å². The highest BCUT2D eigenvalue weighted by Gasteiger charge is 2.43. The van der Waals surface area contributed by atoms with Crippen LogP contribution in [-0.2, 0) is 9.47 Å². The zero-order valence-electron chi connectivity index (χ0n) is 12.8. The summed E-state index contributed by atoms with van der Waals surface area (Å²) in [7, 11) is 0. The average molecular weight is 308 g/mol. The fourth-order valence-electron chi connectivity index (χ4n) is 2.47. The molecular formula is C15H20N2O3S. The van der Waals surface area contributed by atoms with Crippen molar-refractivity contribution < 1.29 is 14.3 Å². The van der Waals surface area contributed by atoms with Crippen molar-refractivity contribution in [3.05, 3.63) is 21.9 Å². The smallest absolute Gasteiger partial charge is 0.410 e. The van der Waals surface area contributed by atoms with Crippen LogP contribution in [0.5, 0.6) is 0 Å². The number of aryl methyl sites for hydroxylation is 1. The van der Waals surface area contributed by atoms with Crippen LogP contribution in [0.1, 0.15) is 30.5 Å². The third kappa shape index (κ3) is 3.05. The number of aliphatic imine (C=N–C) groups is 1. The van der Waals surface area contributed by atoms with Crippen LogP contribution >= 0.6 is 11.3 Å². The van der Waals surface area contributed by atoms with E-state index in [1.807, 2.05) is 26.8 Å². The molecule has 0 N–H and O–H groups in total. The standard InChI is InChI=1S/C15H20N2O3S/c1-9-5-6-12(21-9)13-16-10-7-17(8-11(10)19-13)14(18)20-15(2,3)4/h5-6,10-11H,7-8H2,1-4H3. The molecule has 21 heavy (non-hydrogen) atoms. The highest BCUT2D eigenvalue weighted by atomic mass is 32.1. The highest BCUT2D eigenvalue weighted by Crippen LogP contribution is 2.28. The molecule has 1 fully saturated rings. The van der Waals surface area contributed by atoms with Crippen LogP contribution in [0.15, 0.2) is 17.1 Å². The van der Waals surface area contributed by atoms with Gasteiger partial charge in [0.05, 0.1) is 18.0 Å². The first-order valence-corrected chi connectivity index (χ1v) is 7.93. The van der Waals surface area contributed by atoms with Crippen LogP contribution < -0.4 is 0 Å². The second kappa shape index (κ2) is 5.02. The Labute approximate surface area is 128 Å². The van der Waals surface area contributed by atoms with E-state index in [4.69, 9.17) is 9.47 Å². The third-order valence-corrected chi connectivity index (χ3v) is 4.37. The number of carbonyl (C=O) groups is 1. The predicted octanol–water partition coefficient (Wildman–Crippen LogP) is 2.82. The van der Waals surface area contributed by atoms with Gasteiger partial charge in [-0.05, 0) is 39.8 Å². The Kier molecular flexibility index (Phi) is 3.43. The SMILES string of the molecule is Cc1ccc(C2=NC3CN(C(=O)OC(C)(C)C)CC3O2)s1. The summed E-state index contributed by atoms with van der Waals surface area (Å²) >= 11 is 1.68. The van der Waals surface area contributed by atoms with Crippen LogP contribution in [0.25, 0.3) is 0 Å². The maximum atomic E-state index is 12.0. The zero-order valence-corrected chi connectivity index (χ0v) is 13.6. The van der Waals surface area contributed by atoms with Crippen LogP contribution in [0, 0.1) is 6.92 Å². The second-order valence-electron chi connectivity index (χ2n) is 6.45. The number of rotatable bonds is 1. The minimum atomic E-state index is -0.474. The van der Waals surface area contributed by atoms with Crippen molar-refractivity contribution in [2.24, 2.45) is 4.99 Å². The Morgan fingerprint density at radius 3 is 2.76 bits per heavy atom. The van der Waals surface area contributed by atoms with Crippen molar-refractivity contribution in [2.45, 2.75) is 45.4 Å². The largest absolute Gasteiger partial charge is 0.469 e. The summed E-state index contributed by atoms with van der Waals surface area (Å²) in [4.78, 5) is 20.6. The molecule has 2 aliphatic heterocycles. The highest BCUT2D eigenvalue weighted by molar-refractivity contribution is 7.13. The molecule has 6 heteroatoms. The fraction of sp³-hybridized carbons (Fsp3) is 0.600. The van der Waals surface area contributed by atoms with E-state index in [1.165, 1.54) is 4.88 Å². The number of hydrogen-bond donors (Lipinski definition) is 0. The van der Waals surface area contributed by atoms with Crippen molar-refractivity contribution in [1.29, 1.82) is 0 Å². The number of hydrogen-bond acceptors (Lipinski definition) is 5. The van der Waals surface area contributed by atoms with Gasteiger partial charge in [-0.1, -0.05) is 0 Å². The number of fused-ring (bicyclic) bond motifs is 1. The van der Waals surface area contributed by atoms with Crippen molar-refractivity contribution in [3.63, 3.8) is 0 Å². The number of carbonyl (C=O) groups excluding carboxylic acids is 1. The monoisotopic (exact) mass is 308 g/mol. The number of amides is 1. The van der Waals surface area contributed by atoms with Crippen molar-refractivity contribution in [1.82, 2.24) is 4.90 Å². The maximum Gasteiger partial charge on any atom is 0.410 e. The molecule has 0 spiro atoms. The number of nitrogens with zero attached hydrogens (tertiary/aromatic N) is 2. The quantitative estimate of drug-likeness (QED) is 0.801. The van der Waals surface area contributed by atoms with Gasteiger partial charge in [0.1, 0.15) is 17.7 Å². The van der Waals surface area contributed by atoms with E-state index in [1.54, 1.807) is 16.2 Å². The molecule has 0 radical (unpaired) electrons. The van der Waals surface area contributed by atoms with Gasteiger partial charge in [0.15, 0.2) is 0 Å². The molecule has 0 saturated carbocycles. The molecule has 1 amide bonds. The normalized spacial score (nSPS) is 24.6. The van der Waals surface area contributed by atoms with Crippen molar-refractivity contribution >= 4 is 23.3 Å². The molecule has 3 heterocycles. The van der Waals surface area contributed by atoms with Crippen LogP contribution in [-0.4, -0.2) is 47.7 Å². The molecule has 0 aliphatic carbocycles. The summed E-state index contributed by atoms with van der Waals surface area (Å²) in [5, 5.41) is 0. The molecule has 5 nitrogen and oxygen atoms in total. The van der Waals surface area contributed by atoms with Crippen LogP contribution in [0.2, 0.25) is 0 Å². The summed E-state index contributed by atoms with van der Waals surface area (Å²) in [5.74, 6) is 0.715. The van der Waals surface area contributed by atoms with Gasteiger partial charge in [-0.25, -0.2) is 9.79 Å². The van der Waals surface area contributed by atoms with Gasteiger partial charge in [-0.3, -0.25) is 0 Å². The van der Waals surface area contributed by atoms with Crippen molar-refractivity contribution in [2.75, 3.05) is 13.1 Å². The second-order valence-corrected chi connectivity index (χ2v) is 7.74. The number of thiophene rings is 1. The third-order valence-electron chi connectivity index (χ3n) is 3.39. The first-order chi connectivity index (χ1) is 9.82. The van der Waals surface area contributed by atoms with E-state index in [9.17, 15) is 4.79 Å². The Hall–Kier alpha value is -1.56. The summed E-state index contributed by atoms with van der Waals surface area (Å²) < 4.78 is 11.3. The molecule has 1 aromatic rings. The molecule has 1 aromatic heterocycles. The van der Waals surface area contributed by atoms with E-state index in [-0.39, 0.29) is 18.2 Å². The molecular weight excluding hydrogens is 288 g/mol. The van der Waals surface area contributed by atoms with E-state index in [0.29, 0.717) is 19.0 Å². The Morgan fingerprint density at radius 1 is 1.43 bits per heavy atom. The minimum Gasteiger partial charge on any atom is -0.469 e. The fourth-order valence-corrected chi connectivity index (χ4v) is 3.27. The molecule has 0 aromatic carbocycles. The lowest BCUT2D eigenvalue weighted by molar-refractivity contribution is 0.0272. The van der Waals surface area contributed by atoms with Crippen LogP contribution in [0.4, 0.5) is 4.79 Å². The molecule has 114 valence electrons. The van der Waals surface area contributed by atoms with Gasteiger partial charge in [0.25, 0.3) is 0 Å². The van der Waals surface area contributed by atoms with Crippen LogP contribution in [0.3, 0.4) is 0 Å². The van der Waals surface area contributed by atoms with Crippen molar-refractivity contribution in [3.8, 4) is 0 Å². The first-order valence-electron chi connectivity index (χ1n) is 7.11. The Morgan fingerprint density at radius 2 is 2.19 bits per heavy atom. The summed E-state index contributed by atoms with van der Waals surface area (Å²) in [6, 6.07) is 4.12. The van der Waals surface area contributed by atoms with Gasteiger partial charge in [-0.15, -0.1) is 11.3 Å². The Bertz CT molecular complexity index is 588. The van der Waals surface area contributed by atoms with E-state index in [0.717, 1.165) is 4.88 Å². The average Bonchev–Trinajstić information content (AvgIpc) is 2.98. The number of likely N-dealkylation sites (tertiary alicyclic amines) is 1. The summed E-state index contributed by atoms with van der Waals surface area (Å²) in [6.07, 6.45) is -0.334. The van der Waals surface area contributed by atoms with Gasteiger partial charge in [-0.2, -0.15) is 0 Å². The Balaban J connectivity index is 1.65. The zero-order chi connectivity index (χ0) is 15.2. The summed E-state index contributed by atoms with van der Waals surface area (Å²) in [6.45, 7) is 8.77. The lowest BCUT2D eigenvalue weighted by atomic mass is 10.2. The van der Waals surface area contributed by atoms with E-state index >= 15 is 0 Å². The molecule has 1 saturated heterocycles. The van der Waals surface area contributed by atoms with Gasteiger partial charge < -0.3 is 14.4 Å². The lowest BCUT2D eigenvalue weighted by Gasteiger charge is -2.24. The molecule has 3 rings (SSSR count). The molecule has 2 atom stereocenters. The minimum absolute atomic E-state index is 0.0231. The first kappa shape index (κ1) is 14.4. The van der Waals surface area contributed by atoms with E-state index in [2.05, 4.69) is 18.0 Å². The topological polar surface area (TPSA) is 51.1 Å².